The van der Waals surface area contributed by atoms with Gasteiger partial charge in [-0.3, -0.25) is 4.79 Å². The fourth-order valence-electron chi connectivity index (χ4n) is 6.03. The molecule has 1 amide bonds. The quantitative estimate of drug-likeness (QED) is 0.793. The maximum atomic E-state index is 12.7. The number of carbonyl (C=O) groups excluding carboxylic acids is 1. The molecule has 0 aliphatic carbocycles. The Bertz CT molecular complexity index is 733. The fourth-order valence-corrected chi connectivity index (χ4v) is 6.03. The van der Waals surface area contributed by atoms with Crippen molar-refractivity contribution in [2.45, 2.75) is 75.6 Å². The molecule has 2 bridgehead atoms. The van der Waals surface area contributed by atoms with Gasteiger partial charge in [0.15, 0.2) is 0 Å². The Morgan fingerprint density at radius 3 is 2.57 bits per heavy atom. The SMILES string of the molecule is CN1CCC(C(=O)NC[C@@H]2CC[C@@]3(C)C[C@H](c4ccccc4)C[C@](C)(O3)[C@H]2O)CC1. The molecule has 3 aliphatic heterocycles. The second-order valence-corrected chi connectivity index (χ2v) is 10.4. The minimum Gasteiger partial charge on any atom is -0.390 e. The first kappa shape index (κ1) is 21.8. The van der Waals surface area contributed by atoms with Gasteiger partial charge in [-0.25, -0.2) is 0 Å². The lowest BCUT2D eigenvalue weighted by molar-refractivity contribution is -0.215. The van der Waals surface area contributed by atoms with E-state index in [0.29, 0.717) is 12.5 Å². The standard InChI is InChI=1S/C25H38N2O3/c1-24-12-9-20(17-26-23(29)19-10-13-27(3)14-11-19)22(28)25(2,30-24)16-21(15-24)18-7-5-4-6-8-18/h4-8,19-22,28H,9-17H2,1-3H3,(H,26,29)/t20-,21-,22-,24-,25-/m0/s1. The van der Waals surface area contributed by atoms with Crippen LogP contribution in [-0.4, -0.2) is 59.9 Å². The fraction of sp³-hybridized carbons (Fsp3) is 0.720. The molecule has 5 nitrogen and oxygen atoms in total. The highest BCUT2D eigenvalue weighted by atomic mass is 16.5. The summed E-state index contributed by atoms with van der Waals surface area (Å²) in [5.74, 6) is 0.677. The number of hydrogen-bond acceptors (Lipinski definition) is 4. The average Bonchev–Trinajstić information content (AvgIpc) is 2.79. The molecule has 0 spiro atoms. The number of rotatable bonds is 4. The number of piperidine rings is 1. The number of fused-ring (bicyclic) bond motifs is 2. The lowest BCUT2D eigenvalue weighted by Crippen LogP contribution is -2.54. The van der Waals surface area contributed by atoms with Crippen molar-refractivity contribution in [3.8, 4) is 0 Å². The number of amides is 1. The highest BCUT2D eigenvalue weighted by Gasteiger charge is 2.52. The first-order valence-electron chi connectivity index (χ1n) is 11.7. The van der Waals surface area contributed by atoms with E-state index in [1.807, 2.05) is 0 Å². The summed E-state index contributed by atoms with van der Waals surface area (Å²) in [4.78, 5) is 15.0. The van der Waals surface area contributed by atoms with Crippen LogP contribution in [0.2, 0.25) is 0 Å². The van der Waals surface area contributed by atoms with Crippen LogP contribution in [0, 0.1) is 11.8 Å². The van der Waals surface area contributed by atoms with Crippen LogP contribution < -0.4 is 5.32 Å². The molecule has 0 unspecified atom stereocenters. The molecule has 1 aromatic carbocycles. The number of ether oxygens (including phenoxy) is 1. The van der Waals surface area contributed by atoms with Gasteiger partial charge in [0, 0.05) is 18.4 Å². The number of hydrogen-bond donors (Lipinski definition) is 2. The molecular formula is C25H38N2O3. The lowest BCUT2D eigenvalue weighted by Gasteiger charge is -2.49. The monoisotopic (exact) mass is 414 g/mol. The Balaban J connectivity index is 1.43. The van der Waals surface area contributed by atoms with Crippen molar-refractivity contribution in [3.05, 3.63) is 35.9 Å². The first-order chi connectivity index (χ1) is 14.3. The van der Waals surface area contributed by atoms with E-state index in [1.165, 1.54) is 5.56 Å². The maximum absolute atomic E-state index is 12.7. The number of likely N-dealkylation sites (tertiary alicyclic amines) is 1. The third-order valence-corrected chi connectivity index (χ3v) is 7.82. The topological polar surface area (TPSA) is 61.8 Å². The molecular weight excluding hydrogens is 376 g/mol. The normalized spacial score (nSPS) is 38.1. The van der Waals surface area contributed by atoms with Crippen LogP contribution in [-0.2, 0) is 9.53 Å². The Morgan fingerprint density at radius 1 is 1.17 bits per heavy atom. The summed E-state index contributed by atoms with van der Waals surface area (Å²) in [6.45, 7) is 6.77. The van der Waals surface area contributed by atoms with Gasteiger partial charge in [-0.05, 0) is 84.0 Å². The van der Waals surface area contributed by atoms with E-state index in [4.69, 9.17) is 4.74 Å². The second-order valence-electron chi connectivity index (χ2n) is 10.4. The van der Waals surface area contributed by atoms with E-state index < -0.39 is 11.7 Å². The van der Waals surface area contributed by atoms with Crippen LogP contribution in [0.4, 0.5) is 0 Å². The molecule has 3 heterocycles. The second kappa shape index (κ2) is 8.60. The van der Waals surface area contributed by atoms with Crippen molar-refractivity contribution in [2.75, 3.05) is 26.7 Å². The molecule has 3 saturated heterocycles. The minimum absolute atomic E-state index is 0.0292. The van der Waals surface area contributed by atoms with Crippen molar-refractivity contribution in [3.63, 3.8) is 0 Å². The van der Waals surface area contributed by atoms with Crippen LogP contribution in [0.25, 0.3) is 0 Å². The summed E-state index contributed by atoms with van der Waals surface area (Å²) in [6.07, 6.45) is 4.85. The van der Waals surface area contributed by atoms with E-state index in [2.05, 4.69) is 61.4 Å². The molecule has 3 fully saturated rings. The van der Waals surface area contributed by atoms with Gasteiger partial charge >= 0.3 is 0 Å². The predicted octanol–water partition coefficient (Wildman–Crippen LogP) is 3.33. The van der Waals surface area contributed by atoms with E-state index in [0.717, 1.165) is 51.6 Å². The van der Waals surface area contributed by atoms with Crippen LogP contribution >= 0.6 is 0 Å². The van der Waals surface area contributed by atoms with Gasteiger partial charge in [0.25, 0.3) is 0 Å². The summed E-state index contributed by atoms with van der Waals surface area (Å²) >= 11 is 0. The Labute approximate surface area is 181 Å². The molecule has 3 aliphatic rings. The van der Waals surface area contributed by atoms with Crippen LogP contribution in [0.1, 0.15) is 63.9 Å². The average molecular weight is 415 g/mol. The van der Waals surface area contributed by atoms with Crippen LogP contribution in [0.5, 0.6) is 0 Å². The van der Waals surface area contributed by atoms with Crippen LogP contribution in [0.3, 0.4) is 0 Å². The van der Waals surface area contributed by atoms with Gasteiger partial charge in [0.2, 0.25) is 5.91 Å². The summed E-state index contributed by atoms with van der Waals surface area (Å²) in [7, 11) is 2.11. The van der Waals surface area contributed by atoms with Gasteiger partial charge in [-0.2, -0.15) is 0 Å². The highest BCUT2D eigenvalue weighted by molar-refractivity contribution is 5.78. The zero-order valence-electron chi connectivity index (χ0n) is 18.8. The summed E-state index contributed by atoms with van der Waals surface area (Å²) in [5.41, 5.74) is 0.508. The van der Waals surface area contributed by atoms with Crippen molar-refractivity contribution in [1.29, 1.82) is 0 Å². The van der Waals surface area contributed by atoms with Crippen molar-refractivity contribution >= 4 is 5.91 Å². The van der Waals surface area contributed by atoms with E-state index in [-0.39, 0.29) is 23.3 Å². The zero-order valence-corrected chi connectivity index (χ0v) is 18.8. The van der Waals surface area contributed by atoms with E-state index >= 15 is 0 Å². The summed E-state index contributed by atoms with van der Waals surface area (Å²) in [6, 6.07) is 10.6. The molecule has 2 N–H and O–H groups in total. The number of nitrogens with one attached hydrogen (secondary N) is 1. The Kier molecular flexibility index (Phi) is 6.25. The van der Waals surface area contributed by atoms with Crippen molar-refractivity contribution in [2.24, 2.45) is 11.8 Å². The van der Waals surface area contributed by atoms with Gasteiger partial charge in [0.05, 0.1) is 17.3 Å². The molecule has 166 valence electrons. The molecule has 0 radical (unpaired) electrons. The number of benzene rings is 1. The number of aliphatic hydroxyl groups excluding tert-OH is 1. The van der Waals surface area contributed by atoms with Crippen molar-refractivity contribution < 1.29 is 14.6 Å². The van der Waals surface area contributed by atoms with Gasteiger partial charge in [-0.1, -0.05) is 30.3 Å². The third-order valence-electron chi connectivity index (χ3n) is 7.82. The molecule has 5 atom stereocenters. The lowest BCUT2D eigenvalue weighted by atomic mass is 9.74. The van der Waals surface area contributed by atoms with Crippen LogP contribution in [0.15, 0.2) is 30.3 Å². The zero-order chi connectivity index (χ0) is 21.4. The highest BCUT2D eigenvalue weighted by Crippen LogP contribution is 2.50. The van der Waals surface area contributed by atoms with Gasteiger partial charge in [-0.15, -0.1) is 0 Å². The molecule has 4 rings (SSSR count). The smallest absolute Gasteiger partial charge is 0.223 e. The van der Waals surface area contributed by atoms with E-state index in [1.54, 1.807) is 0 Å². The Hall–Kier alpha value is -1.43. The predicted molar refractivity (Wildman–Crippen MR) is 118 cm³/mol. The Morgan fingerprint density at radius 2 is 1.87 bits per heavy atom. The number of nitrogens with zero attached hydrogens (tertiary/aromatic N) is 1. The van der Waals surface area contributed by atoms with Gasteiger partial charge in [0.1, 0.15) is 0 Å². The number of carbonyl (C=O) groups is 1. The third kappa shape index (κ3) is 4.58. The minimum atomic E-state index is -0.590. The molecule has 1 aromatic rings. The molecule has 0 saturated carbocycles. The maximum Gasteiger partial charge on any atom is 0.223 e. The van der Waals surface area contributed by atoms with Crippen molar-refractivity contribution in [1.82, 2.24) is 10.2 Å². The summed E-state index contributed by atoms with van der Waals surface area (Å²) in [5, 5.41) is 14.5. The summed E-state index contributed by atoms with van der Waals surface area (Å²) < 4.78 is 6.58. The van der Waals surface area contributed by atoms with E-state index in [9.17, 15) is 9.90 Å². The number of aliphatic hydroxyl groups is 1. The molecule has 30 heavy (non-hydrogen) atoms. The largest absolute Gasteiger partial charge is 0.390 e. The molecule has 5 heteroatoms. The van der Waals surface area contributed by atoms with Gasteiger partial charge < -0.3 is 20.1 Å². The molecule has 0 aromatic heterocycles. The first-order valence-corrected chi connectivity index (χ1v) is 11.7.